The third kappa shape index (κ3) is 3.88. The van der Waals surface area contributed by atoms with E-state index in [1.54, 1.807) is 49.4 Å². The number of rotatable bonds is 3. The summed E-state index contributed by atoms with van der Waals surface area (Å²) in [5.41, 5.74) is 3.67. The Morgan fingerprint density at radius 3 is 2.73 bits per heavy atom. The van der Waals surface area contributed by atoms with E-state index < -0.39 is 5.97 Å². The van der Waals surface area contributed by atoms with Gasteiger partial charge in [-0.05, 0) is 55.8 Å². The van der Waals surface area contributed by atoms with E-state index in [1.807, 2.05) is 19.1 Å². The van der Waals surface area contributed by atoms with Gasteiger partial charge in [-0.2, -0.15) is 0 Å². The number of fused-ring (bicyclic) bond motifs is 2. The minimum atomic E-state index is -0.471. The van der Waals surface area contributed by atoms with Crippen molar-refractivity contribution in [1.82, 2.24) is 0 Å². The zero-order chi connectivity index (χ0) is 23.1. The van der Waals surface area contributed by atoms with Gasteiger partial charge in [0.15, 0.2) is 12.6 Å². The second kappa shape index (κ2) is 8.39. The molecule has 6 nitrogen and oxygen atoms in total. The fourth-order valence-corrected chi connectivity index (χ4v) is 4.14. The predicted octanol–water partition coefficient (Wildman–Crippen LogP) is 5.66. The lowest BCUT2D eigenvalue weighted by atomic mass is 10.0. The van der Waals surface area contributed by atoms with Gasteiger partial charge in [0.1, 0.15) is 17.2 Å². The molecule has 0 bridgehead atoms. The Kier molecular flexibility index (Phi) is 5.40. The number of halogens is 1. The van der Waals surface area contributed by atoms with Gasteiger partial charge in [0.2, 0.25) is 5.78 Å². The first-order valence-electron chi connectivity index (χ1n) is 10.3. The van der Waals surface area contributed by atoms with Gasteiger partial charge in [-0.15, -0.1) is 0 Å². The minimum absolute atomic E-state index is 0.120. The summed E-state index contributed by atoms with van der Waals surface area (Å²) in [4.78, 5) is 25.7. The molecule has 0 aliphatic carbocycles. The van der Waals surface area contributed by atoms with Gasteiger partial charge in [0, 0.05) is 21.7 Å². The average Bonchev–Trinajstić information content (AvgIpc) is 3.12. The van der Waals surface area contributed by atoms with Gasteiger partial charge in [-0.25, -0.2) is 4.79 Å². The molecule has 0 N–H and O–H groups in total. The highest BCUT2D eigenvalue weighted by Crippen LogP contribution is 2.41. The van der Waals surface area contributed by atoms with Crippen molar-refractivity contribution in [1.29, 1.82) is 0 Å². The number of carbonyl (C=O) groups excluding carboxylic acids is 2. The highest BCUT2D eigenvalue weighted by Gasteiger charge is 2.31. The first-order chi connectivity index (χ1) is 15.9. The predicted molar refractivity (Wildman–Crippen MR) is 122 cm³/mol. The second-order valence-electron chi connectivity index (χ2n) is 7.80. The van der Waals surface area contributed by atoms with Gasteiger partial charge < -0.3 is 18.9 Å². The largest absolute Gasteiger partial charge is 0.467 e. The van der Waals surface area contributed by atoms with Crippen LogP contribution >= 0.6 is 11.6 Å². The molecule has 2 heterocycles. The number of hydrogen-bond donors (Lipinski definition) is 0. The van der Waals surface area contributed by atoms with Crippen molar-refractivity contribution >= 4 is 29.4 Å². The van der Waals surface area contributed by atoms with Crippen LogP contribution in [-0.4, -0.2) is 18.5 Å². The van der Waals surface area contributed by atoms with Crippen molar-refractivity contribution in [3.8, 4) is 17.2 Å². The summed E-state index contributed by atoms with van der Waals surface area (Å²) in [6.45, 7) is 4.08. The summed E-state index contributed by atoms with van der Waals surface area (Å²) >= 11 is 6.23. The molecule has 7 heteroatoms. The van der Waals surface area contributed by atoms with Crippen LogP contribution in [0.3, 0.4) is 0 Å². The summed E-state index contributed by atoms with van der Waals surface area (Å²) in [6.07, 6.45) is 1.61. The maximum absolute atomic E-state index is 13.0. The SMILES string of the molecule is Cc1ccccc1C(=O)Oc1ccc2c(c1C)O/C(=C\c1cc(Cl)cc3c1OCOC3)C2=O. The van der Waals surface area contributed by atoms with E-state index in [9.17, 15) is 9.59 Å². The van der Waals surface area contributed by atoms with Crippen molar-refractivity contribution in [3.05, 3.63) is 92.7 Å². The molecule has 2 aliphatic rings. The first kappa shape index (κ1) is 21.2. The van der Waals surface area contributed by atoms with E-state index in [0.717, 1.165) is 11.1 Å². The van der Waals surface area contributed by atoms with Gasteiger partial charge >= 0.3 is 5.97 Å². The molecule has 0 saturated heterocycles. The topological polar surface area (TPSA) is 71.1 Å². The lowest BCUT2D eigenvalue weighted by Crippen LogP contribution is -2.12. The first-order valence-corrected chi connectivity index (χ1v) is 10.7. The molecule has 2 aliphatic heterocycles. The number of esters is 1. The summed E-state index contributed by atoms with van der Waals surface area (Å²) in [5, 5.41) is 0.499. The maximum atomic E-state index is 13.0. The van der Waals surface area contributed by atoms with Crippen LogP contribution in [0.15, 0.2) is 54.3 Å². The number of carbonyl (C=O) groups is 2. The van der Waals surface area contributed by atoms with Gasteiger partial charge in [-0.3, -0.25) is 4.79 Å². The van der Waals surface area contributed by atoms with Crippen molar-refractivity contribution in [3.63, 3.8) is 0 Å². The molecule has 0 atom stereocenters. The van der Waals surface area contributed by atoms with Crippen LogP contribution in [0, 0.1) is 13.8 Å². The summed E-state index contributed by atoms with van der Waals surface area (Å²) in [5.74, 6) is 0.690. The van der Waals surface area contributed by atoms with Gasteiger partial charge in [-0.1, -0.05) is 29.8 Å². The Labute approximate surface area is 195 Å². The van der Waals surface area contributed by atoms with Crippen molar-refractivity contribution in [2.75, 3.05) is 6.79 Å². The Morgan fingerprint density at radius 1 is 1.09 bits per heavy atom. The number of Topliss-reactive ketones (excluding diaryl/α,β-unsaturated/α-hetero) is 1. The third-order valence-electron chi connectivity index (χ3n) is 5.59. The van der Waals surface area contributed by atoms with Crippen molar-refractivity contribution in [2.24, 2.45) is 0 Å². The minimum Gasteiger partial charge on any atom is -0.467 e. The van der Waals surface area contributed by atoms with Crippen LogP contribution < -0.4 is 14.2 Å². The van der Waals surface area contributed by atoms with Gasteiger partial charge in [0.05, 0.1) is 17.7 Å². The molecule has 0 saturated carbocycles. The smallest absolute Gasteiger partial charge is 0.343 e. The Bertz CT molecular complexity index is 1340. The Balaban J connectivity index is 1.46. The zero-order valence-corrected chi connectivity index (χ0v) is 18.7. The average molecular weight is 463 g/mol. The van der Waals surface area contributed by atoms with E-state index in [1.165, 1.54) is 0 Å². The van der Waals surface area contributed by atoms with Crippen LogP contribution in [-0.2, 0) is 11.3 Å². The van der Waals surface area contributed by atoms with Crippen LogP contribution in [0.1, 0.15) is 43.0 Å². The maximum Gasteiger partial charge on any atom is 0.343 e. The molecular formula is C26H19ClO6. The lowest BCUT2D eigenvalue weighted by Gasteiger charge is -2.20. The normalized spacial score (nSPS) is 15.5. The quantitative estimate of drug-likeness (QED) is 0.284. The molecule has 33 heavy (non-hydrogen) atoms. The monoisotopic (exact) mass is 462 g/mol. The van der Waals surface area contributed by atoms with Crippen molar-refractivity contribution < 1.29 is 28.5 Å². The van der Waals surface area contributed by atoms with E-state index in [-0.39, 0.29) is 18.3 Å². The molecule has 0 fully saturated rings. The highest BCUT2D eigenvalue weighted by molar-refractivity contribution is 6.31. The molecule has 5 rings (SSSR count). The van der Waals surface area contributed by atoms with Crippen LogP contribution in [0.5, 0.6) is 17.2 Å². The molecule has 0 amide bonds. The standard InChI is InChI=1S/C26H19ClO6/c1-14-5-3-4-6-19(14)26(29)33-21-8-7-20-23(28)22(32-24(20)15(21)2)11-16-9-18(27)10-17-12-30-13-31-25(16)17/h3-11H,12-13H2,1-2H3/b22-11-. The Hall–Kier alpha value is -3.61. The number of aryl methyl sites for hydroxylation is 1. The molecule has 0 aromatic heterocycles. The molecule has 166 valence electrons. The van der Waals surface area contributed by atoms with E-state index in [0.29, 0.717) is 51.1 Å². The fourth-order valence-electron chi connectivity index (χ4n) is 3.89. The van der Waals surface area contributed by atoms with Crippen molar-refractivity contribution in [2.45, 2.75) is 20.5 Å². The molecular weight excluding hydrogens is 444 g/mol. The molecule has 3 aromatic carbocycles. The summed E-state index contributed by atoms with van der Waals surface area (Å²) < 4.78 is 22.5. The number of ether oxygens (including phenoxy) is 4. The van der Waals surface area contributed by atoms with E-state index in [4.69, 9.17) is 30.5 Å². The van der Waals surface area contributed by atoms with Crippen LogP contribution in [0.2, 0.25) is 5.02 Å². The van der Waals surface area contributed by atoms with E-state index >= 15 is 0 Å². The van der Waals surface area contributed by atoms with Gasteiger partial charge in [0.25, 0.3) is 0 Å². The van der Waals surface area contributed by atoms with E-state index in [2.05, 4.69) is 0 Å². The molecule has 3 aromatic rings. The Morgan fingerprint density at radius 2 is 1.91 bits per heavy atom. The van der Waals surface area contributed by atoms with Crippen LogP contribution in [0.25, 0.3) is 6.08 Å². The number of benzene rings is 3. The number of allylic oxidation sites excluding steroid dienone is 1. The summed E-state index contributed by atoms with van der Waals surface area (Å²) in [6, 6.07) is 13.9. The number of ketones is 1. The lowest BCUT2D eigenvalue weighted by molar-refractivity contribution is -0.0165. The number of hydrogen-bond acceptors (Lipinski definition) is 6. The second-order valence-corrected chi connectivity index (χ2v) is 8.24. The molecule has 0 spiro atoms. The molecule has 0 unspecified atom stereocenters. The fraction of sp³-hybridized carbons (Fsp3) is 0.154. The zero-order valence-electron chi connectivity index (χ0n) is 17.9. The molecule has 0 radical (unpaired) electrons. The van der Waals surface area contributed by atoms with Crippen LogP contribution in [0.4, 0.5) is 0 Å². The highest BCUT2D eigenvalue weighted by atomic mass is 35.5. The third-order valence-corrected chi connectivity index (χ3v) is 5.81. The summed E-state index contributed by atoms with van der Waals surface area (Å²) in [7, 11) is 0.